The summed E-state index contributed by atoms with van der Waals surface area (Å²) < 4.78 is 98.9. The number of hydrogen-bond acceptors (Lipinski definition) is 33. The SMILES string of the molecule is CC(=O)OC[C@H]1O[C@@H](SC[C@H]2O[C@@H](SC[C@H]3O[C@H](Br)[C@H](OC(C)=O)[C@@H](OC(C)=O)[C@@H]3OC(C)=O)[C@H](OC(C)=O)[C@@H](S[C@@H]3O[C@H](COC(C)=O)[C@@H](OC(C)=O)[C@H](OC(C)=O)[C@H]3OC(C)=O)[C@@H]2OC(C)=O)[C@H](OC(C)=O)[C@@H](OC(C)=O)[C@@H]1OC(C)=O. The second kappa shape index (κ2) is 32.8. The van der Waals surface area contributed by atoms with Gasteiger partial charge in [-0.2, -0.15) is 0 Å². The van der Waals surface area contributed by atoms with Crippen molar-refractivity contribution in [3.05, 3.63) is 0 Å². The summed E-state index contributed by atoms with van der Waals surface area (Å²) in [6.07, 6.45) is -23.3. The molecule has 0 aromatic heterocycles. The maximum absolute atomic E-state index is 13.4. The van der Waals surface area contributed by atoms with E-state index in [0.29, 0.717) is 11.8 Å². The van der Waals surface area contributed by atoms with E-state index in [1.165, 1.54) is 0 Å². The summed E-state index contributed by atoms with van der Waals surface area (Å²) in [4.78, 5) is 165. The van der Waals surface area contributed by atoms with E-state index in [0.717, 1.165) is 114 Å². The first-order chi connectivity index (χ1) is 39.3. The third-order valence-corrected chi connectivity index (χ3v) is 16.4. The van der Waals surface area contributed by atoms with Crippen molar-refractivity contribution in [2.45, 2.75) is 208 Å². The van der Waals surface area contributed by atoms with Gasteiger partial charge in [-0.1, -0.05) is 15.9 Å². The maximum atomic E-state index is 13.4. The Morgan fingerprint density at radius 3 is 0.940 bits per heavy atom. The monoisotopic (exact) mass is 1320 g/mol. The van der Waals surface area contributed by atoms with Gasteiger partial charge in [0.25, 0.3) is 0 Å². The van der Waals surface area contributed by atoms with Crippen molar-refractivity contribution in [1.29, 1.82) is 0 Å². The highest BCUT2D eigenvalue weighted by Gasteiger charge is 2.59. The van der Waals surface area contributed by atoms with Gasteiger partial charge < -0.3 is 80.5 Å². The molecular weight excluding hydrogens is 1260 g/mol. The first kappa shape index (κ1) is 71.0. The molecule has 0 unspecified atom stereocenters. The highest BCUT2D eigenvalue weighted by Crippen LogP contribution is 2.46. The van der Waals surface area contributed by atoms with Gasteiger partial charge in [-0.25, -0.2) is 0 Å². The van der Waals surface area contributed by atoms with Crippen molar-refractivity contribution in [2.75, 3.05) is 24.7 Å². The van der Waals surface area contributed by atoms with Crippen LogP contribution in [0.15, 0.2) is 0 Å². The lowest BCUT2D eigenvalue weighted by Crippen LogP contribution is -2.64. The van der Waals surface area contributed by atoms with E-state index in [1.54, 1.807) is 0 Å². The molecule has 4 rings (SSSR count). The van der Waals surface area contributed by atoms with Gasteiger partial charge in [0.2, 0.25) is 0 Å². The molecule has 0 aromatic carbocycles. The van der Waals surface area contributed by atoms with E-state index in [4.69, 9.17) is 80.5 Å². The van der Waals surface area contributed by atoms with E-state index in [1.807, 2.05) is 0 Å². The van der Waals surface area contributed by atoms with Gasteiger partial charge in [0.1, 0.15) is 60.0 Å². The predicted octanol–water partition coefficient (Wildman–Crippen LogP) is 1.22. The highest BCUT2D eigenvalue weighted by molar-refractivity contribution is 9.09. The van der Waals surface area contributed by atoms with Crippen molar-refractivity contribution >= 4 is 129 Å². The molecule has 0 bridgehead atoms. The Morgan fingerprint density at radius 1 is 0.298 bits per heavy atom. The second-order valence-electron chi connectivity index (χ2n) is 18.8. The van der Waals surface area contributed by atoms with Gasteiger partial charge in [-0.15, -0.1) is 35.3 Å². The molecule has 34 heteroatoms. The first-order valence-corrected chi connectivity index (χ1v) is 29.5. The molecule has 4 heterocycles. The quantitative estimate of drug-likeness (QED) is 0.0788. The van der Waals surface area contributed by atoms with E-state index >= 15 is 0 Å². The number of hydrogen-bond donors (Lipinski definition) is 0. The van der Waals surface area contributed by atoms with Crippen LogP contribution in [-0.2, 0) is 143 Å². The average molecular weight is 1320 g/mol. The van der Waals surface area contributed by atoms with Crippen LogP contribution < -0.4 is 0 Å². The Balaban J connectivity index is 2.00. The molecule has 472 valence electrons. The number of thioether (sulfide) groups is 3. The fourth-order valence-electron chi connectivity index (χ4n) is 9.08. The summed E-state index contributed by atoms with van der Waals surface area (Å²) in [5, 5.41) is -2.72. The van der Waals surface area contributed by atoms with Crippen LogP contribution in [0.4, 0.5) is 0 Å². The second-order valence-corrected chi connectivity index (χ2v) is 23.3. The molecule has 4 fully saturated rings. The minimum Gasteiger partial charge on any atom is -0.463 e. The van der Waals surface area contributed by atoms with Crippen molar-refractivity contribution in [3.63, 3.8) is 0 Å². The molecule has 4 aliphatic heterocycles. The third-order valence-electron chi connectivity index (χ3n) is 11.7. The van der Waals surface area contributed by atoms with Crippen molar-refractivity contribution < 1.29 is 143 Å². The third kappa shape index (κ3) is 21.5. The van der Waals surface area contributed by atoms with Crippen LogP contribution in [0.5, 0.6) is 0 Å². The summed E-state index contributed by atoms with van der Waals surface area (Å²) in [6.45, 7) is 12.2. The van der Waals surface area contributed by atoms with E-state index < -0.39 is 215 Å². The van der Waals surface area contributed by atoms with Crippen molar-refractivity contribution in [1.82, 2.24) is 0 Å². The number of alkyl halides is 1. The molecule has 20 atom stereocenters. The largest absolute Gasteiger partial charge is 0.463 e. The lowest BCUT2D eigenvalue weighted by atomic mass is 9.99. The Morgan fingerprint density at radius 2 is 0.560 bits per heavy atom. The van der Waals surface area contributed by atoms with E-state index in [-0.39, 0.29) is 5.75 Å². The molecule has 0 N–H and O–H groups in total. The van der Waals surface area contributed by atoms with Crippen LogP contribution in [0.1, 0.15) is 90.0 Å². The summed E-state index contributed by atoms with van der Waals surface area (Å²) in [7, 11) is 0. The normalized spacial score (nSPS) is 32.7. The number of halogens is 1. The lowest BCUT2D eigenvalue weighted by Gasteiger charge is -2.49. The summed E-state index contributed by atoms with van der Waals surface area (Å²) in [5.74, 6) is -12.5. The van der Waals surface area contributed by atoms with Crippen molar-refractivity contribution in [2.24, 2.45) is 0 Å². The Bertz CT molecular complexity index is 2430. The number of ether oxygens (including phenoxy) is 17. The molecular formula is C50H67BrO30S3. The number of carbonyl (C=O) groups excluding carboxylic acids is 13. The summed E-state index contributed by atoms with van der Waals surface area (Å²) in [6, 6.07) is 0. The van der Waals surface area contributed by atoms with Gasteiger partial charge >= 0.3 is 77.6 Å². The van der Waals surface area contributed by atoms with Crippen LogP contribution in [0, 0.1) is 0 Å². The van der Waals surface area contributed by atoms with Crippen molar-refractivity contribution in [3.8, 4) is 0 Å². The summed E-state index contributed by atoms with van der Waals surface area (Å²) in [5.41, 5.74) is -4.59. The van der Waals surface area contributed by atoms with Crippen LogP contribution in [0.2, 0.25) is 0 Å². The van der Waals surface area contributed by atoms with Crippen LogP contribution in [0.3, 0.4) is 0 Å². The molecule has 0 aliphatic carbocycles. The zero-order chi connectivity index (χ0) is 63.0. The van der Waals surface area contributed by atoms with Crippen LogP contribution in [0.25, 0.3) is 0 Å². The fraction of sp³-hybridized carbons (Fsp3) is 0.740. The molecule has 4 saturated heterocycles. The van der Waals surface area contributed by atoms with Gasteiger partial charge in [0.15, 0.2) is 66.1 Å². The number of rotatable bonds is 23. The van der Waals surface area contributed by atoms with E-state index in [9.17, 15) is 62.3 Å². The molecule has 4 aliphatic rings. The zero-order valence-electron chi connectivity index (χ0n) is 47.7. The number of esters is 13. The lowest BCUT2D eigenvalue weighted by molar-refractivity contribution is -0.238. The molecule has 0 saturated carbocycles. The zero-order valence-corrected chi connectivity index (χ0v) is 51.8. The fourth-order valence-corrected chi connectivity index (χ4v) is 14.0. The molecule has 0 aromatic rings. The predicted molar refractivity (Wildman–Crippen MR) is 284 cm³/mol. The first-order valence-electron chi connectivity index (χ1n) is 25.6. The number of carbonyl (C=O) groups is 13. The smallest absolute Gasteiger partial charge is 0.303 e. The Hall–Kier alpha value is -5.52. The van der Waals surface area contributed by atoms with E-state index in [2.05, 4.69) is 15.9 Å². The Kier molecular flexibility index (Phi) is 27.7. The van der Waals surface area contributed by atoms with Gasteiger partial charge in [0.05, 0.1) is 5.25 Å². The van der Waals surface area contributed by atoms with Crippen LogP contribution >= 0.6 is 51.2 Å². The highest BCUT2D eigenvalue weighted by atomic mass is 79.9. The van der Waals surface area contributed by atoms with Gasteiger partial charge in [-0.3, -0.25) is 62.3 Å². The van der Waals surface area contributed by atoms with Gasteiger partial charge in [-0.05, 0) is 0 Å². The van der Waals surface area contributed by atoms with Gasteiger partial charge in [0, 0.05) is 102 Å². The standard InChI is InChI=1S/C50H67BrO30S3/c1-18(52)65-14-31-35(67-20(3)54)40(72-25(8)59)43(75-28(11)62)48(79-31)82-17-34-38(70-23(6)57)46(84-50-44(76-29(12)63)41(73-26(9)60)36(68-21(4)55)32(80-50)15-66-19(2)53)45(77-30(13)64)49(81-34)83-16-33-37(69-22(5)56)39(71-24(7)58)42(47(51)78-33)74-27(10)61/h31-50H,14-17H2,1-13H3/t31-,32-,33-,34-,35-,36-,37-,38-,39+,40+,41+,42-,43-,44-,45-,46+,47+,48+,49+,50+/m1/s1. The molecule has 84 heavy (non-hydrogen) atoms. The minimum atomic E-state index is -1.75. The Labute approximate surface area is 502 Å². The summed E-state index contributed by atoms with van der Waals surface area (Å²) >= 11 is 5.62. The topological polar surface area (TPSA) is 379 Å². The molecule has 0 amide bonds. The minimum absolute atomic E-state index is 0.332. The molecule has 0 radical (unpaired) electrons. The molecule has 0 spiro atoms. The maximum Gasteiger partial charge on any atom is 0.303 e. The van der Waals surface area contributed by atoms with Crippen LogP contribution in [-0.4, -0.2) is 220 Å². The molecule has 30 nitrogen and oxygen atoms in total. The average Bonchev–Trinajstić information content (AvgIpc) is 1.70.